The number of nitrogens with one attached hydrogen (secondary N) is 1. The van der Waals surface area contributed by atoms with Crippen LogP contribution < -0.4 is 15.8 Å². The van der Waals surface area contributed by atoms with E-state index in [0.29, 0.717) is 17.1 Å². The van der Waals surface area contributed by atoms with Crippen LogP contribution in [0.15, 0.2) is 53.0 Å². The topological polar surface area (TPSA) is 64.3 Å². The molecule has 0 aliphatic carbocycles. The first kappa shape index (κ1) is 15.1. The number of methoxy groups -OCH3 is 1. The highest BCUT2D eigenvalue weighted by atomic mass is 79.9. The molecule has 0 unspecified atom stereocenters. The third-order valence-corrected chi connectivity index (χ3v) is 3.46. The van der Waals surface area contributed by atoms with E-state index in [2.05, 4.69) is 21.2 Å². The zero-order chi connectivity index (χ0) is 15.2. The summed E-state index contributed by atoms with van der Waals surface area (Å²) in [6, 6.07) is 12.7. The molecule has 5 heteroatoms. The molecule has 0 aliphatic rings. The van der Waals surface area contributed by atoms with Gasteiger partial charge in [-0.3, -0.25) is 4.79 Å². The van der Waals surface area contributed by atoms with Gasteiger partial charge in [-0.15, -0.1) is 0 Å². The minimum Gasteiger partial charge on any atom is -0.497 e. The lowest BCUT2D eigenvalue weighted by molar-refractivity contribution is -0.111. The van der Waals surface area contributed by atoms with Crippen LogP contribution in [0.1, 0.15) is 5.56 Å². The Morgan fingerprint density at radius 3 is 2.81 bits per heavy atom. The van der Waals surface area contributed by atoms with Crippen molar-refractivity contribution in [2.24, 2.45) is 0 Å². The van der Waals surface area contributed by atoms with Crippen molar-refractivity contribution >= 4 is 39.3 Å². The Bertz CT molecular complexity index is 684. The number of anilines is 2. The Morgan fingerprint density at radius 2 is 2.10 bits per heavy atom. The number of carbonyl (C=O) groups is 1. The normalized spacial score (nSPS) is 10.6. The summed E-state index contributed by atoms with van der Waals surface area (Å²) in [4.78, 5) is 11.9. The molecule has 0 radical (unpaired) electrons. The van der Waals surface area contributed by atoms with Crippen LogP contribution in [-0.2, 0) is 4.79 Å². The maximum absolute atomic E-state index is 11.9. The van der Waals surface area contributed by atoms with Gasteiger partial charge in [-0.05, 0) is 51.8 Å². The number of nitrogen functional groups attached to an aromatic ring is 1. The minimum absolute atomic E-state index is 0.230. The smallest absolute Gasteiger partial charge is 0.248 e. The Morgan fingerprint density at radius 1 is 1.29 bits per heavy atom. The Labute approximate surface area is 131 Å². The molecule has 0 heterocycles. The molecule has 0 spiro atoms. The van der Waals surface area contributed by atoms with E-state index in [1.165, 1.54) is 6.08 Å². The molecule has 108 valence electrons. The van der Waals surface area contributed by atoms with E-state index in [0.717, 1.165) is 10.0 Å². The summed E-state index contributed by atoms with van der Waals surface area (Å²) >= 11 is 3.38. The number of benzene rings is 2. The summed E-state index contributed by atoms with van der Waals surface area (Å²) in [5.41, 5.74) is 7.87. The summed E-state index contributed by atoms with van der Waals surface area (Å²) in [5, 5.41) is 2.79. The van der Waals surface area contributed by atoms with Gasteiger partial charge in [0.15, 0.2) is 0 Å². The second kappa shape index (κ2) is 6.95. The number of hydrogen-bond acceptors (Lipinski definition) is 3. The lowest BCUT2D eigenvalue weighted by Crippen LogP contribution is -2.08. The van der Waals surface area contributed by atoms with Crippen LogP contribution in [0.25, 0.3) is 6.08 Å². The molecule has 2 aromatic rings. The maximum Gasteiger partial charge on any atom is 0.248 e. The molecule has 3 N–H and O–H groups in total. The van der Waals surface area contributed by atoms with Crippen molar-refractivity contribution in [2.45, 2.75) is 0 Å². The molecule has 0 bridgehead atoms. The van der Waals surface area contributed by atoms with Crippen molar-refractivity contribution in [1.82, 2.24) is 0 Å². The fourth-order valence-corrected chi connectivity index (χ4v) is 2.08. The van der Waals surface area contributed by atoms with Crippen LogP contribution >= 0.6 is 15.9 Å². The Balaban J connectivity index is 2.08. The monoisotopic (exact) mass is 346 g/mol. The van der Waals surface area contributed by atoms with Crippen molar-refractivity contribution in [3.63, 3.8) is 0 Å². The Kier molecular flexibility index (Phi) is 5.00. The third-order valence-electron chi connectivity index (χ3n) is 2.77. The van der Waals surface area contributed by atoms with E-state index in [9.17, 15) is 4.79 Å². The summed E-state index contributed by atoms with van der Waals surface area (Å²) in [6.07, 6.45) is 3.17. The molecule has 1 amide bonds. The molecule has 0 fully saturated rings. The van der Waals surface area contributed by atoms with E-state index in [-0.39, 0.29) is 5.91 Å². The van der Waals surface area contributed by atoms with Crippen LogP contribution in [-0.4, -0.2) is 13.0 Å². The fraction of sp³-hybridized carbons (Fsp3) is 0.0625. The number of ether oxygens (including phenoxy) is 1. The average Bonchev–Trinajstić information content (AvgIpc) is 2.47. The van der Waals surface area contributed by atoms with Crippen molar-refractivity contribution < 1.29 is 9.53 Å². The van der Waals surface area contributed by atoms with E-state index >= 15 is 0 Å². The predicted octanol–water partition coefficient (Wildman–Crippen LogP) is 3.69. The van der Waals surface area contributed by atoms with Crippen LogP contribution in [0, 0.1) is 0 Å². The summed E-state index contributed by atoms with van der Waals surface area (Å²) in [6.45, 7) is 0. The highest BCUT2D eigenvalue weighted by Crippen LogP contribution is 2.27. The molecule has 0 aliphatic heterocycles. The first-order valence-corrected chi connectivity index (χ1v) is 7.06. The first-order valence-electron chi connectivity index (χ1n) is 6.26. The third kappa shape index (κ3) is 4.36. The van der Waals surface area contributed by atoms with Crippen molar-refractivity contribution in [3.05, 3.63) is 58.6 Å². The standard InChI is InChI=1S/C16H15BrN2O2/c1-21-13-6-7-14(17)15(10-13)19-16(20)8-5-11-3-2-4-12(18)9-11/h2-10H,18H2,1H3,(H,19,20)/b8-5+. The van der Waals surface area contributed by atoms with E-state index in [1.54, 1.807) is 31.4 Å². The zero-order valence-corrected chi connectivity index (χ0v) is 13.1. The van der Waals surface area contributed by atoms with Gasteiger partial charge in [0.25, 0.3) is 0 Å². The van der Waals surface area contributed by atoms with E-state index in [4.69, 9.17) is 10.5 Å². The second-order valence-corrected chi connectivity index (χ2v) is 5.19. The quantitative estimate of drug-likeness (QED) is 0.655. The van der Waals surface area contributed by atoms with E-state index in [1.807, 2.05) is 24.3 Å². The van der Waals surface area contributed by atoms with Gasteiger partial charge >= 0.3 is 0 Å². The molecule has 0 aromatic heterocycles. The van der Waals surface area contributed by atoms with Gasteiger partial charge in [-0.25, -0.2) is 0 Å². The number of amides is 1. The number of halogens is 1. The van der Waals surface area contributed by atoms with Gasteiger partial charge in [0.1, 0.15) is 5.75 Å². The van der Waals surface area contributed by atoms with Gasteiger partial charge in [0, 0.05) is 22.3 Å². The van der Waals surface area contributed by atoms with Crippen LogP contribution in [0.4, 0.5) is 11.4 Å². The van der Waals surface area contributed by atoms with Gasteiger partial charge in [0.2, 0.25) is 5.91 Å². The van der Waals surface area contributed by atoms with Crippen molar-refractivity contribution in [3.8, 4) is 5.75 Å². The van der Waals surface area contributed by atoms with Gasteiger partial charge < -0.3 is 15.8 Å². The molecule has 21 heavy (non-hydrogen) atoms. The van der Waals surface area contributed by atoms with Crippen molar-refractivity contribution in [2.75, 3.05) is 18.2 Å². The highest BCUT2D eigenvalue weighted by Gasteiger charge is 2.04. The number of hydrogen-bond donors (Lipinski definition) is 2. The van der Waals surface area contributed by atoms with E-state index < -0.39 is 0 Å². The average molecular weight is 347 g/mol. The largest absolute Gasteiger partial charge is 0.497 e. The molecular formula is C16H15BrN2O2. The number of rotatable bonds is 4. The van der Waals surface area contributed by atoms with Crippen LogP contribution in [0.2, 0.25) is 0 Å². The summed E-state index contributed by atoms with van der Waals surface area (Å²) in [5.74, 6) is 0.444. The molecule has 2 rings (SSSR count). The number of carbonyl (C=O) groups excluding carboxylic acids is 1. The molecule has 0 atom stereocenters. The molecule has 0 saturated heterocycles. The minimum atomic E-state index is -0.230. The zero-order valence-electron chi connectivity index (χ0n) is 11.5. The second-order valence-electron chi connectivity index (χ2n) is 4.34. The predicted molar refractivity (Wildman–Crippen MR) is 89.2 cm³/mol. The fourth-order valence-electron chi connectivity index (χ4n) is 1.74. The first-order chi connectivity index (χ1) is 10.1. The molecule has 0 saturated carbocycles. The van der Waals surface area contributed by atoms with Gasteiger partial charge in [0.05, 0.1) is 12.8 Å². The Hall–Kier alpha value is -2.27. The summed E-state index contributed by atoms with van der Waals surface area (Å²) in [7, 11) is 1.58. The van der Waals surface area contributed by atoms with Crippen LogP contribution in [0.3, 0.4) is 0 Å². The SMILES string of the molecule is COc1ccc(Br)c(NC(=O)/C=C/c2cccc(N)c2)c1. The van der Waals surface area contributed by atoms with Crippen LogP contribution in [0.5, 0.6) is 5.75 Å². The molecule has 2 aromatic carbocycles. The van der Waals surface area contributed by atoms with Crippen molar-refractivity contribution in [1.29, 1.82) is 0 Å². The molecule has 4 nitrogen and oxygen atoms in total. The van der Waals surface area contributed by atoms with Gasteiger partial charge in [-0.2, -0.15) is 0 Å². The highest BCUT2D eigenvalue weighted by molar-refractivity contribution is 9.10. The molecular weight excluding hydrogens is 332 g/mol. The maximum atomic E-state index is 11.9. The number of nitrogens with two attached hydrogens (primary N) is 1. The lowest BCUT2D eigenvalue weighted by Gasteiger charge is -2.07. The lowest BCUT2D eigenvalue weighted by atomic mass is 10.2. The summed E-state index contributed by atoms with van der Waals surface area (Å²) < 4.78 is 5.92. The van der Waals surface area contributed by atoms with Gasteiger partial charge in [-0.1, -0.05) is 12.1 Å².